The summed E-state index contributed by atoms with van der Waals surface area (Å²) in [5.74, 6) is 1.05. The van der Waals surface area contributed by atoms with Gasteiger partial charge in [-0.05, 0) is 39.2 Å². The number of nitrogens with one attached hydrogen (secondary N) is 1. The van der Waals surface area contributed by atoms with E-state index in [1.54, 1.807) is 0 Å². The van der Waals surface area contributed by atoms with E-state index < -0.39 is 0 Å². The molecule has 0 aromatic heterocycles. The van der Waals surface area contributed by atoms with Crippen molar-refractivity contribution in [1.82, 2.24) is 20.0 Å². The van der Waals surface area contributed by atoms with Gasteiger partial charge in [-0.1, -0.05) is 17.7 Å². The Morgan fingerprint density at radius 3 is 2.57 bits per heavy atom. The first-order valence-corrected chi connectivity index (χ1v) is 10.4. The predicted octanol–water partition coefficient (Wildman–Crippen LogP) is 2.29. The van der Waals surface area contributed by atoms with E-state index in [0.29, 0.717) is 6.04 Å². The van der Waals surface area contributed by atoms with Gasteiger partial charge >= 0.3 is 0 Å². The highest BCUT2D eigenvalue weighted by Crippen LogP contribution is 2.20. The third-order valence-corrected chi connectivity index (χ3v) is 5.75. The Morgan fingerprint density at radius 1 is 1.14 bits per heavy atom. The summed E-state index contributed by atoms with van der Waals surface area (Å²) in [4.78, 5) is 14.6. The molecule has 2 saturated heterocycles. The second kappa shape index (κ2) is 11.4. The highest BCUT2D eigenvalue weighted by molar-refractivity contribution is 14.0. The van der Waals surface area contributed by atoms with Gasteiger partial charge in [0.05, 0.1) is 6.54 Å². The number of hydrogen-bond donors (Lipinski definition) is 1. The molecule has 1 unspecified atom stereocenters. The van der Waals surface area contributed by atoms with Crippen LogP contribution in [-0.4, -0.2) is 99.7 Å². The second-order valence-electron chi connectivity index (χ2n) is 7.55. The van der Waals surface area contributed by atoms with Gasteiger partial charge in [0.1, 0.15) is 0 Å². The number of nitrogens with zero attached hydrogens (tertiary/aromatic N) is 5. The maximum absolute atomic E-state index is 6.15. The molecule has 3 rings (SSSR count). The van der Waals surface area contributed by atoms with Gasteiger partial charge in [0, 0.05) is 69.1 Å². The van der Waals surface area contributed by atoms with Gasteiger partial charge in [0.15, 0.2) is 5.96 Å². The molecule has 2 heterocycles. The summed E-state index contributed by atoms with van der Waals surface area (Å²) in [6.45, 7) is 11.1. The highest BCUT2D eigenvalue weighted by Gasteiger charge is 2.23. The number of piperazine rings is 2. The van der Waals surface area contributed by atoms with Crippen LogP contribution in [0.4, 0.5) is 5.69 Å². The van der Waals surface area contributed by atoms with Crippen molar-refractivity contribution in [2.75, 3.05) is 77.9 Å². The molecule has 0 amide bonds. The Kier molecular flexibility index (Phi) is 9.59. The number of hydrogen-bond acceptors (Lipinski definition) is 4. The number of halogens is 2. The number of anilines is 1. The average Bonchev–Trinajstić information content (AvgIpc) is 2.68. The first kappa shape index (κ1) is 23.5. The van der Waals surface area contributed by atoms with Crippen molar-refractivity contribution in [3.05, 3.63) is 29.3 Å². The van der Waals surface area contributed by atoms with Crippen LogP contribution in [0.15, 0.2) is 29.3 Å². The van der Waals surface area contributed by atoms with E-state index in [2.05, 4.69) is 52.0 Å². The fourth-order valence-electron chi connectivity index (χ4n) is 3.77. The van der Waals surface area contributed by atoms with Crippen molar-refractivity contribution in [2.45, 2.75) is 13.0 Å². The fraction of sp³-hybridized carbons (Fsp3) is 0.650. The molecule has 1 aromatic carbocycles. The molecule has 2 aliphatic heterocycles. The van der Waals surface area contributed by atoms with Gasteiger partial charge < -0.3 is 20.0 Å². The lowest BCUT2D eigenvalue weighted by Crippen LogP contribution is -2.54. The molecule has 2 fully saturated rings. The zero-order chi connectivity index (χ0) is 19.2. The molecule has 0 bridgehead atoms. The minimum Gasteiger partial charge on any atom is -0.368 e. The van der Waals surface area contributed by atoms with Crippen LogP contribution in [0.2, 0.25) is 5.02 Å². The second-order valence-corrected chi connectivity index (χ2v) is 7.98. The van der Waals surface area contributed by atoms with Crippen LogP contribution in [0.5, 0.6) is 0 Å². The molecule has 2 aliphatic rings. The van der Waals surface area contributed by atoms with Gasteiger partial charge in [-0.2, -0.15) is 0 Å². The zero-order valence-corrected chi connectivity index (χ0v) is 20.4. The summed E-state index contributed by atoms with van der Waals surface area (Å²) in [6, 6.07) is 8.62. The number of aliphatic imine (C=N–C) groups is 1. The van der Waals surface area contributed by atoms with E-state index in [0.717, 1.165) is 69.9 Å². The summed E-state index contributed by atoms with van der Waals surface area (Å²) in [5.41, 5.74) is 1.20. The third-order valence-electron chi connectivity index (χ3n) is 5.52. The van der Waals surface area contributed by atoms with E-state index in [-0.39, 0.29) is 24.0 Å². The summed E-state index contributed by atoms with van der Waals surface area (Å²) < 4.78 is 0. The predicted molar refractivity (Wildman–Crippen MR) is 131 cm³/mol. The van der Waals surface area contributed by atoms with Crippen molar-refractivity contribution in [3.63, 3.8) is 0 Å². The first-order valence-electron chi connectivity index (χ1n) is 9.99. The molecule has 1 N–H and O–H groups in total. The maximum Gasteiger partial charge on any atom is 0.194 e. The third kappa shape index (κ3) is 6.37. The first-order chi connectivity index (χ1) is 13.1. The van der Waals surface area contributed by atoms with Crippen LogP contribution in [0.3, 0.4) is 0 Å². The molecule has 8 heteroatoms. The lowest BCUT2D eigenvalue weighted by atomic mass is 10.2. The molecular weight excluding hydrogens is 487 g/mol. The topological polar surface area (TPSA) is 37.4 Å². The Labute approximate surface area is 191 Å². The maximum atomic E-state index is 6.15. The van der Waals surface area contributed by atoms with Crippen LogP contribution < -0.4 is 10.2 Å². The van der Waals surface area contributed by atoms with Crippen LogP contribution in [-0.2, 0) is 0 Å². The molecule has 6 nitrogen and oxygen atoms in total. The smallest absolute Gasteiger partial charge is 0.194 e. The van der Waals surface area contributed by atoms with Gasteiger partial charge in [0.25, 0.3) is 0 Å². The standard InChI is InChI=1S/C20H33ClN6.HI/c1-4-22-20(23-15-19-16-24(2)8-9-25(19)3)27-12-10-26(11-13-27)18-7-5-6-17(21)14-18;/h5-7,14,19H,4,8-13,15-16H2,1-3H3,(H,22,23);1H. The molecule has 0 radical (unpaired) electrons. The summed E-state index contributed by atoms with van der Waals surface area (Å²) >= 11 is 6.15. The van der Waals surface area contributed by atoms with Crippen molar-refractivity contribution in [3.8, 4) is 0 Å². The van der Waals surface area contributed by atoms with Gasteiger partial charge in [-0.15, -0.1) is 24.0 Å². The highest BCUT2D eigenvalue weighted by atomic mass is 127. The van der Waals surface area contributed by atoms with Crippen molar-refractivity contribution < 1.29 is 0 Å². The van der Waals surface area contributed by atoms with Crippen LogP contribution >= 0.6 is 35.6 Å². The Balaban J connectivity index is 0.00000280. The Hall–Kier alpha value is -0.770. The van der Waals surface area contributed by atoms with Crippen molar-refractivity contribution in [2.24, 2.45) is 4.99 Å². The average molecular weight is 521 g/mol. The van der Waals surface area contributed by atoms with Crippen LogP contribution in [0.1, 0.15) is 6.92 Å². The van der Waals surface area contributed by atoms with E-state index in [1.165, 1.54) is 5.69 Å². The minimum atomic E-state index is 0. The Morgan fingerprint density at radius 2 is 1.89 bits per heavy atom. The molecule has 0 aliphatic carbocycles. The van der Waals surface area contributed by atoms with Gasteiger partial charge in [-0.3, -0.25) is 9.89 Å². The lowest BCUT2D eigenvalue weighted by molar-refractivity contribution is 0.119. The van der Waals surface area contributed by atoms with E-state index in [1.807, 2.05) is 18.2 Å². The lowest BCUT2D eigenvalue weighted by Gasteiger charge is -2.39. The summed E-state index contributed by atoms with van der Waals surface area (Å²) in [6.07, 6.45) is 0. The number of benzene rings is 1. The Bertz CT molecular complexity index is 635. The number of rotatable bonds is 4. The van der Waals surface area contributed by atoms with Crippen LogP contribution in [0.25, 0.3) is 0 Å². The fourth-order valence-corrected chi connectivity index (χ4v) is 3.95. The normalized spacial score (nSPS) is 22.1. The van der Waals surface area contributed by atoms with Crippen molar-refractivity contribution >= 4 is 47.2 Å². The van der Waals surface area contributed by atoms with Gasteiger partial charge in [0.2, 0.25) is 0 Å². The monoisotopic (exact) mass is 520 g/mol. The van der Waals surface area contributed by atoms with E-state index in [4.69, 9.17) is 16.6 Å². The molecule has 0 saturated carbocycles. The summed E-state index contributed by atoms with van der Waals surface area (Å²) in [7, 11) is 4.41. The molecule has 158 valence electrons. The minimum absolute atomic E-state index is 0. The summed E-state index contributed by atoms with van der Waals surface area (Å²) in [5, 5.41) is 4.28. The number of guanidine groups is 1. The molecule has 1 atom stereocenters. The largest absolute Gasteiger partial charge is 0.368 e. The molecule has 1 aromatic rings. The molecule has 28 heavy (non-hydrogen) atoms. The molecule has 0 spiro atoms. The van der Waals surface area contributed by atoms with Gasteiger partial charge in [-0.25, -0.2) is 0 Å². The van der Waals surface area contributed by atoms with Crippen molar-refractivity contribution in [1.29, 1.82) is 0 Å². The van der Waals surface area contributed by atoms with Crippen LogP contribution in [0, 0.1) is 0 Å². The van der Waals surface area contributed by atoms with E-state index in [9.17, 15) is 0 Å². The molecular formula is C20H34ClIN6. The quantitative estimate of drug-likeness (QED) is 0.375. The van der Waals surface area contributed by atoms with E-state index >= 15 is 0 Å². The SMILES string of the molecule is CCNC(=NCC1CN(C)CCN1C)N1CCN(c2cccc(Cl)c2)CC1.I. The zero-order valence-electron chi connectivity index (χ0n) is 17.3. The number of likely N-dealkylation sites (N-methyl/N-ethyl adjacent to an activating group) is 2.